The zero-order valence-corrected chi connectivity index (χ0v) is 10.5. The fraction of sp³-hybridized carbons (Fsp3) is 0.300. The lowest BCUT2D eigenvalue weighted by molar-refractivity contribution is -0.142. The maximum Gasteiger partial charge on any atom is 0.323 e. The number of thiophene rings is 1. The fourth-order valence-corrected chi connectivity index (χ4v) is 2.04. The summed E-state index contributed by atoms with van der Waals surface area (Å²) in [6.45, 7) is -0.622. The van der Waals surface area contributed by atoms with Crippen LogP contribution in [0.1, 0.15) is 16.1 Å². The molecule has 7 heteroatoms. The van der Waals surface area contributed by atoms with Gasteiger partial charge < -0.3 is 5.11 Å². The molecular formula is C10H11NO4S2. The maximum atomic E-state index is 11.9. The van der Waals surface area contributed by atoms with E-state index in [1.807, 2.05) is 0 Å². The van der Waals surface area contributed by atoms with Gasteiger partial charge in [-0.25, -0.2) is 0 Å². The number of carbonyl (C=O) groups excluding carboxylic acids is 2. The number of hydrogen-bond acceptors (Lipinski definition) is 5. The van der Waals surface area contributed by atoms with Gasteiger partial charge in [0.05, 0.1) is 4.88 Å². The van der Waals surface area contributed by atoms with Gasteiger partial charge in [-0.1, -0.05) is 6.07 Å². The molecule has 0 aliphatic carbocycles. The van der Waals surface area contributed by atoms with Gasteiger partial charge >= 0.3 is 5.97 Å². The van der Waals surface area contributed by atoms with E-state index in [1.165, 1.54) is 11.3 Å². The molecule has 0 fully saturated rings. The summed E-state index contributed by atoms with van der Waals surface area (Å²) in [5.74, 6) is -2.05. The number of rotatable bonds is 5. The Bertz CT molecular complexity index is 416. The smallest absolute Gasteiger partial charge is 0.323 e. The molecule has 1 rings (SSSR count). The molecule has 1 N–H and O–H groups in total. The average molecular weight is 273 g/mol. The first-order valence-electron chi connectivity index (χ1n) is 4.77. The average Bonchev–Trinajstić information content (AvgIpc) is 2.78. The van der Waals surface area contributed by atoms with Gasteiger partial charge in [-0.2, -0.15) is 12.6 Å². The van der Waals surface area contributed by atoms with E-state index in [9.17, 15) is 14.4 Å². The van der Waals surface area contributed by atoms with Crippen LogP contribution >= 0.6 is 24.0 Å². The van der Waals surface area contributed by atoms with Crippen LogP contribution < -0.4 is 0 Å². The van der Waals surface area contributed by atoms with Crippen molar-refractivity contribution in [3.05, 3.63) is 22.4 Å². The van der Waals surface area contributed by atoms with Crippen LogP contribution in [0.25, 0.3) is 0 Å². The topological polar surface area (TPSA) is 74.7 Å². The summed E-state index contributed by atoms with van der Waals surface area (Å²) in [5, 5.41) is 10.4. The highest BCUT2D eigenvalue weighted by molar-refractivity contribution is 7.80. The van der Waals surface area contributed by atoms with Gasteiger partial charge in [0.15, 0.2) is 0 Å². The Hall–Kier alpha value is -1.34. The first-order valence-corrected chi connectivity index (χ1v) is 6.28. The molecule has 1 aromatic heterocycles. The summed E-state index contributed by atoms with van der Waals surface area (Å²) in [4.78, 5) is 35.2. The molecule has 0 saturated carbocycles. The van der Waals surface area contributed by atoms with Crippen LogP contribution in [0.5, 0.6) is 0 Å². The number of hydrogen-bond donors (Lipinski definition) is 2. The van der Waals surface area contributed by atoms with Crippen LogP contribution in [-0.2, 0) is 9.59 Å². The monoisotopic (exact) mass is 273 g/mol. The summed E-state index contributed by atoms with van der Waals surface area (Å²) >= 11 is 5.05. The number of carbonyl (C=O) groups is 3. The fourth-order valence-electron chi connectivity index (χ4n) is 1.17. The normalized spacial score (nSPS) is 9.94. The van der Waals surface area contributed by atoms with Gasteiger partial charge in [-0.3, -0.25) is 19.3 Å². The molecule has 0 aromatic carbocycles. The minimum Gasteiger partial charge on any atom is -0.480 e. The van der Waals surface area contributed by atoms with Crippen LogP contribution in [0.2, 0.25) is 0 Å². The molecular weight excluding hydrogens is 262 g/mol. The van der Waals surface area contributed by atoms with Crippen LogP contribution in [0.4, 0.5) is 0 Å². The zero-order chi connectivity index (χ0) is 12.8. The van der Waals surface area contributed by atoms with Crippen LogP contribution in [-0.4, -0.2) is 40.1 Å². The minimum absolute atomic E-state index is 0.0352. The first kappa shape index (κ1) is 13.7. The molecule has 0 spiro atoms. The number of thiol groups is 1. The van der Waals surface area contributed by atoms with E-state index in [1.54, 1.807) is 17.5 Å². The van der Waals surface area contributed by atoms with Crippen molar-refractivity contribution >= 4 is 41.7 Å². The van der Waals surface area contributed by atoms with Crippen molar-refractivity contribution in [3.8, 4) is 0 Å². The van der Waals surface area contributed by atoms with E-state index in [0.29, 0.717) is 4.88 Å². The third-order valence-electron chi connectivity index (χ3n) is 1.90. The van der Waals surface area contributed by atoms with Gasteiger partial charge in [-0.05, 0) is 17.2 Å². The van der Waals surface area contributed by atoms with E-state index in [2.05, 4.69) is 12.6 Å². The molecule has 5 nitrogen and oxygen atoms in total. The highest BCUT2D eigenvalue weighted by Gasteiger charge is 2.24. The number of nitrogens with zero attached hydrogens (tertiary/aromatic N) is 1. The Morgan fingerprint density at radius 3 is 2.59 bits per heavy atom. The van der Waals surface area contributed by atoms with Crippen LogP contribution in [0.3, 0.4) is 0 Å². The van der Waals surface area contributed by atoms with E-state index in [-0.39, 0.29) is 12.2 Å². The van der Waals surface area contributed by atoms with Gasteiger partial charge in [-0.15, -0.1) is 11.3 Å². The standard InChI is InChI=1S/C10H11NO4S2/c12-8(3-4-16)11(6-9(13)14)10(15)7-2-1-5-17-7/h1-2,5,16H,3-4,6H2,(H,13,14). The lowest BCUT2D eigenvalue weighted by Crippen LogP contribution is -2.40. The van der Waals surface area contributed by atoms with Crippen molar-refractivity contribution < 1.29 is 19.5 Å². The van der Waals surface area contributed by atoms with E-state index in [4.69, 9.17) is 5.11 Å². The first-order chi connectivity index (χ1) is 8.06. The third kappa shape index (κ3) is 3.86. The molecule has 1 heterocycles. The SMILES string of the molecule is O=C(O)CN(C(=O)CCS)C(=O)c1cccs1. The summed E-state index contributed by atoms with van der Waals surface area (Å²) < 4.78 is 0. The van der Waals surface area contributed by atoms with Crippen molar-refractivity contribution in [1.29, 1.82) is 0 Å². The molecule has 0 atom stereocenters. The molecule has 2 amide bonds. The minimum atomic E-state index is -1.22. The van der Waals surface area contributed by atoms with Crippen molar-refractivity contribution in [3.63, 3.8) is 0 Å². The Morgan fingerprint density at radius 2 is 2.12 bits per heavy atom. The predicted molar refractivity (Wildman–Crippen MR) is 66.5 cm³/mol. The quantitative estimate of drug-likeness (QED) is 0.788. The third-order valence-corrected chi connectivity index (χ3v) is 2.98. The zero-order valence-electron chi connectivity index (χ0n) is 8.83. The summed E-state index contributed by atoms with van der Waals surface area (Å²) in [6, 6.07) is 3.22. The highest BCUT2D eigenvalue weighted by Crippen LogP contribution is 2.13. The number of carboxylic acids is 1. The Balaban J connectivity index is 2.86. The lowest BCUT2D eigenvalue weighted by atomic mass is 10.3. The second-order valence-corrected chi connectivity index (χ2v) is 4.52. The highest BCUT2D eigenvalue weighted by atomic mass is 32.1. The molecule has 92 valence electrons. The largest absolute Gasteiger partial charge is 0.480 e. The molecule has 0 unspecified atom stereocenters. The summed E-state index contributed by atoms with van der Waals surface area (Å²) in [7, 11) is 0. The maximum absolute atomic E-state index is 11.9. The number of carboxylic acid groups (broad SMARTS) is 1. The molecule has 1 aromatic rings. The number of amides is 2. The molecule has 0 saturated heterocycles. The van der Waals surface area contributed by atoms with Gasteiger partial charge in [0.2, 0.25) is 5.91 Å². The van der Waals surface area contributed by atoms with Crippen molar-refractivity contribution in [2.75, 3.05) is 12.3 Å². The molecule has 0 aliphatic heterocycles. The molecule has 0 bridgehead atoms. The van der Waals surface area contributed by atoms with Gasteiger partial charge in [0.25, 0.3) is 5.91 Å². The predicted octanol–water partition coefficient (Wildman–Crippen LogP) is 1.12. The lowest BCUT2D eigenvalue weighted by Gasteiger charge is -2.17. The molecule has 0 aliphatic rings. The van der Waals surface area contributed by atoms with Crippen molar-refractivity contribution in [1.82, 2.24) is 4.90 Å². The summed E-state index contributed by atoms with van der Waals surface area (Å²) in [6.07, 6.45) is 0.0352. The van der Waals surface area contributed by atoms with E-state index < -0.39 is 24.3 Å². The molecule has 17 heavy (non-hydrogen) atoms. The summed E-state index contributed by atoms with van der Waals surface area (Å²) in [5.41, 5.74) is 0. The number of aliphatic carboxylic acids is 1. The van der Waals surface area contributed by atoms with E-state index in [0.717, 1.165) is 4.90 Å². The van der Waals surface area contributed by atoms with Gasteiger partial charge in [0, 0.05) is 6.42 Å². The van der Waals surface area contributed by atoms with E-state index >= 15 is 0 Å². The van der Waals surface area contributed by atoms with Crippen LogP contribution in [0.15, 0.2) is 17.5 Å². The van der Waals surface area contributed by atoms with Crippen molar-refractivity contribution in [2.24, 2.45) is 0 Å². The molecule has 0 radical (unpaired) electrons. The Labute approximate surface area is 107 Å². The van der Waals surface area contributed by atoms with Crippen LogP contribution in [0, 0.1) is 0 Å². The second-order valence-electron chi connectivity index (χ2n) is 3.13. The Morgan fingerprint density at radius 1 is 1.41 bits per heavy atom. The Kier molecular flexibility index (Phi) is 5.17. The van der Waals surface area contributed by atoms with Gasteiger partial charge in [0.1, 0.15) is 6.54 Å². The second kappa shape index (κ2) is 6.41. The van der Waals surface area contributed by atoms with Crippen molar-refractivity contribution in [2.45, 2.75) is 6.42 Å². The number of imide groups is 1.